The Balaban J connectivity index is 1.77. The summed E-state index contributed by atoms with van der Waals surface area (Å²) in [5.74, 6) is 1.91. The number of hydrogen-bond acceptors (Lipinski definition) is 3. The Labute approximate surface area is 164 Å². The number of aromatic nitrogens is 2. The fraction of sp³-hybridized carbons (Fsp3) is 0.500. The highest BCUT2D eigenvalue weighted by Gasteiger charge is 2.14. The molecule has 0 saturated heterocycles. The molecule has 1 heterocycles. The van der Waals surface area contributed by atoms with Crippen LogP contribution in [0.15, 0.2) is 35.3 Å². The topological polar surface area (TPSA) is 71.3 Å². The predicted molar refractivity (Wildman–Crippen MR) is 114 cm³/mol. The summed E-state index contributed by atoms with van der Waals surface area (Å²) >= 11 is 0. The first-order chi connectivity index (χ1) is 12.9. The van der Waals surface area contributed by atoms with Gasteiger partial charge in [0.05, 0.1) is 5.69 Å². The van der Waals surface area contributed by atoms with Crippen molar-refractivity contribution in [3.63, 3.8) is 0 Å². The fourth-order valence-electron chi connectivity index (χ4n) is 3.01. The van der Waals surface area contributed by atoms with Crippen molar-refractivity contribution in [3.05, 3.63) is 52.8 Å². The first kappa shape index (κ1) is 21.2. The monoisotopic (exact) mass is 389 g/mol. The predicted octanol–water partition coefficient (Wildman–Crippen LogP) is 2.08. The van der Waals surface area contributed by atoms with Gasteiger partial charge in [-0.15, -0.1) is 0 Å². The Morgan fingerprint density at radius 2 is 2.00 bits per heavy atom. The second kappa shape index (κ2) is 10.3. The van der Waals surface area contributed by atoms with Crippen LogP contribution in [0.1, 0.15) is 29.4 Å². The van der Waals surface area contributed by atoms with Crippen LogP contribution in [0.4, 0.5) is 0 Å². The third-order valence-corrected chi connectivity index (χ3v) is 5.88. The van der Waals surface area contributed by atoms with E-state index in [9.17, 15) is 4.21 Å². The van der Waals surface area contributed by atoms with E-state index >= 15 is 0 Å². The third kappa shape index (κ3) is 6.50. The van der Waals surface area contributed by atoms with E-state index in [0.29, 0.717) is 18.1 Å². The molecule has 1 aromatic carbocycles. The average molecular weight is 390 g/mol. The lowest BCUT2D eigenvalue weighted by atomic mass is 10.1. The second-order valence-electron chi connectivity index (χ2n) is 6.80. The molecular weight excluding hydrogens is 358 g/mol. The quantitative estimate of drug-likeness (QED) is 0.536. The molecule has 0 aliphatic heterocycles. The molecule has 2 N–H and O–H groups in total. The Kier molecular flexibility index (Phi) is 8.03. The summed E-state index contributed by atoms with van der Waals surface area (Å²) in [5, 5.41) is 11.1. The Hall–Kier alpha value is -2.15. The lowest BCUT2D eigenvalue weighted by molar-refractivity contribution is 0.637. The molecule has 0 saturated carbocycles. The molecule has 0 bridgehead atoms. The van der Waals surface area contributed by atoms with Crippen LogP contribution in [-0.4, -0.2) is 45.3 Å². The normalized spacial score (nSPS) is 14.0. The van der Waals surface area contributed by atoms with Gasteiger partial charge in [0.15, 0.2) is 5.96 Å². The van der Waals surface area contributed by atoms with Crippen molar-refractivity contribution < 1.29 is 4.21 Å². The zero-order chi connectivity index (χ0) is 19.8. The molecule has 6 nitrogen and oxygen atoms in total. The van der Waals surface area contributed by atoms with E-state index in [1.165, 1.54) is 11.3 Å². The summed E-state index contributed by atoms with van der Waals surface area (Å²) < 4.78 is 14.1. The molecule has 2 aromatic rings. The van der Waals surface area contributed by atoms with Crippen molar-refractivity contribution in [1.82, 2.24) is 20.4 Å². The Morgan fingerprint density at radius 1 is 1.30 bits per heavy atom. The summed E-state index contributed by atoms with van der Waals surface area (Å²) in [4.78, 5) is 4.28. The van der Waals surface area contributed by atoms with E-state index in [1.807, 2.05) is 49.0 Å². The largest absolute Gasteiger partial charge is 0.355 e. The van der Waals surface area contributed by atoms with Crippen molar-refractivity contribution in [2.24, 2.45) is 12.0 Å². The van der Waals surface area contributed by atoms with E-state index < -0.39 is 10.8 Å². The standard InChI is InChI=1S/C20H31N5OS/c1-15(13-19-16(2)24-25(5)17(19)3)23-20(21-4)22-11-12-27(26)14-18-9-7-6-8-10-18/h6-10,15H,11-14H2,1-5H3,(H2,21,22,23). The summed E-state index contributed by atoms with van der Waals surface area (Å²) in [6, 6.07) is 10.2. The molecule has 0 fully saturated rings. The van der Waals surface area contributed by atoms with Crippen LogP contribution in [-0.2, 0) is 30.0 Å². The molecule has 0 aliphatic rings. The van der Waals surface area contributed by atoms with E-state index in [0.717, 1.165) is 23.6 Å². The van der Waals surface area contributed by atoms with E-state index in [1.54, 1.807) is 7.05 Å². The molecule has 2 unspecified atom stereocenters. The Morgan fingerprint density at radius 3 is 2.59 bits per heavy atom. The van der Waals surface area contributed by atoms with Gasteiger partial charge in [-0.25, -0.2) is 0 Å². The highest BCUT2D eigenvalue weighted by atomic mass is 32.2. The van der Waals surface area contributed by atoms with Gasteiger partial charge in [-0.1, -0.05) is 30.3 Å². The van der Waals surface area contributed by atoms with Gasteiger partial charge in [0, 0.05) is 54.7 Å². The number of aryl methyl sites for hydroxylation is 2. The first-order valence-electron chi connectivity index (χ1n) is 9.25. The lowest BCUT2D eigenvalue weighted by Gasteiger charge is -2.18. The number of nitrogens with zero attached hydrogens (tertiary/aromatic N) is 3. The average Bonchev–Trinajstić information content (AvgIpc) is 2.87. The number of guanidine groups is 1. The minimum Gasteiger partial charge on any atom is -0.355 e. The maximum Gasteiger partial charge on any atom is 0.191 e. The maximum atomic E-state index is 12.2. The van der Waals surface area contributed by atoms with Crippen molar-refractivity contribution in [2.75, 3.05) is 19.3 Å². The summed E-state index contributed by atoms with van der Waals surface area (Å²) in [7, 11) is 2.83. The van der Waals surface area contributed by atoms with Crippen LogP contribution in [0, 0.1) is 13.8 Å². The van der Waals surface area contributed by atoms with Crippen molar-refractivity contribution in [3.8, 4) is 0 Å². The molecule has 0 aliphatic carbocycles. The van der Waals surface area contributed by atoms with E-state index in [-0.39, 0.29) is 6.04 Å². The summed E-state index contributed by atoms with van der Waals surface area (Å²) in [6.07, 6.45) is 0.881. The van der Waals surface area contributed by atoms with Crippen molar-refractivity contribution in [2.45, 2.75) is 39.0 Å². The van der Waals surface area contributed by atoms with Crippen LogP contribution in [0.25, 0.3) is 0 Å². The second-order valence-corrected chi connectivity index (χ2v) is 8.37. The van der Waals surface area contributed by atoms with Crippen LogP contribution < -0.4 is 10.6 Å². The highest BCUT2D eigenvalue weighted by Crippen LogP contribution is 2.14. The first-order valence-corrected chi connectivity index (χ1v) is 10.7. The van der Waals surface area contributed by atoms with Crippen molar-refractivity contribution >= 4 is 16.8 Å². The molecule has 0 amide bonds. The lowest BCUT2D eigenvalue weighted by Crippen LogP contribution is -2.44. The summed E-state index contributed by atoms with van der Waals surface area (Å²) in [5.41, 5.74) is 4.65. The molecule has 148 valence electrons. The molecule has 1 aromatic heterocycles. The molecule has 2 atom stereocenters. The third-order valence-electron chi connectivity index (χ3n) is 4.57. The molecule has 2 rings (SSSR count). The van der Waals surface area contributed by atoms with Crippen molar-refractivity contribution in [1.29, 1.82) is 0 Å². The number of hydrogen-bond donors (Lipinski definition) is 2. The number of rotatable bonds is 8. The van der Waals surface area contributed by atoms with E-state index in [2.05, 4.69) is 34.6 Å². The van der Waals surface area contributed by atoms with Gasteiger partial charge in [-0.2, -0.15) is 5.10 Å². The Bertz CT molecular complexity index is 785. The fourth-order valence-corrected chi connectivity index (χ4v) is 4.05. The minimum absolute atomic E-state index is 0.215. The van der Waals surface area contributed by atoms with Gasteiger partial charge in [-0.3, -0.25) is 13.9 Å². The number of nitrogens with one attached hydrogen (secondary N) is 2. The zero-order valence-corrected chi connectivity index (χ0v) is 17.8. The molecular formula is C20H31N5OS. The highest BCUT2D eigenvalue weighted by molar-refractivity contribution is 7.84. The van der Waals surface area contributed by atoms with Gasteiger partial charge >= 0.3 is 0 Å². The van der Waals surface area contributed by atoms with Gasteiger partial charge in [-0.05, 0) is 38.3 Å². The maximum absolute atomic E-state index is 12.2. The number of aliphatic imine (C=N–C) groups is 1. The van der Waals surface area contributed by atoms with Crippen LogP contribution in [0.5, 0.6) is 0 Å². The van der Waals surface area contributed by atoms with Crippen LogP contribution >= 0.6 is 0 Å². The SMILES string of the molecule is CN=C(NCCS(=O)Cc1ccccc1)NC(C)Cc1c(C)nn(C)c1C. The molecule has 0 spiro atoms. The van der Waals surface area contributed by atoms with Crippen LogP contribution in [0.3, 0.4) is 0 Å². The molecule has 0 radical (unpaired) electrons. The minimum atomic E-state index is -0.893. The van der Waals surface area contributed by atoms with E-state index in [4.69, 9.17) is 0 Å². The summed E-state index contributed by atoms with van der Waals surface area (Å²) in [6.45, 7) is 6.89. The van der Waals surface area contributed by atoms with Gasteiger partial charge in [0.2, 0.25) is 0 Å². The molecule has 27 heavy (non-hydrogen) atoms. The zero-order valence-electron chi connectivity index (χ0n) is 17.0. The number of benzene rings is 1. The smallest absolute Gasteiger partial charge is 0.191 e. The van der Waals surface area contributed by atoms with Gasteiger partial charge in [0.25, 0.3) is 0 Å². The van der Waals surface area contributed by atoms with Gasteiger partial charge < -0.3 is 10.6 Å². The van der Waals surface area contributed by atoms with Gasteiger partial charge in [0.1, 0.15) is 0 Å². The molecule has 7 heteroatoms. The van der Waals surface area contributed by atoms with Crippen LogP contribution in [0.2, 0.25) is 0 Å².